The average Bonchev–Trinajstić information content (AvgIpc) is 3.14. The lowest BCUT2D eigenvalue weighted by Crippen LogP contribution is -2.61. The van der Waals surface area contributed by atoms with Gasteiger partial charge in [-0.05, 0) is 133 Å². The van der Waals surface area contributed by atoms with Gasteiger partial charge in [0, 0.05) is 11.5 Å². The van der Waals surface area contributed by atoms with Crippen molar-refractivity contribution in [3.63, 3.8) is 0 Å². The van der Waals surface area contributed by atoms with E-state index >= 15 is 0 Å². The number of rotatable bonds is 4. The quantitative estimate of drug-likeness (QED) is 0.184. The molecule has 5 aliphatic rings. The predicted molar refractivity (Wildman–Crippen MR) is 175 cm³/mol. The molecule has 0 radical (unpaired) electrons. The van der Waals surface area contributed by atoms with Crippen LogP contribution in [0.1, 0.15) is 111 Å². The minimum atomic E-state index is -0.491. The number of phenols is 1. The van der Waals surface area contributed by atoms with Gasteiger partial charge in [0.05, 0.1) is 12.7 Å². The number of fused-ring (bicyclic) bond motifs is 6. The van der Waals surface area contributed by atoms with E-state index in [0.29, 0.717) is 17.8 Å². The summed E-state index contributed by atoms with van der Waals surface area (Å²) < 4.78 is 6.14. The zero-order chi connectivity index (χ0) is 31.7. The van der Waals surface area contributed by atoms with Crippen LogP contribution in [0.3, 0.4) is 0 Å². The van der Waals surface area contributed by atoms with Gasteiger partial charge in [-0.2, -0.15) is 0 Å². The monoisotopic (exact) mass is 604 g/mol. The molecule has 4 saturated carbocycles. The van der Waals surface area contributed by atoms with E-state index in [1.54, 1.807) is 35.9 Å². The Labute approximate surface area is 265 Å². The highest BCUT2D eigenvalue weighted by Gasteiger charge is 2.64. The van der Waals surface area contributed by atoms with Crippen LogP contribution in [-0.2, 0) is 9.53 Å². The van der Waals surface area contributed by atoms with Crippen LogP contribution in [0.15, 0.2) is 42.0 Å². The molecule has 1 aromatic rings. The molecular formula is C39H56O5. The molecule has 0 saturated heterocycles. The molecule has 1 aromatic carbocycles. The lowest BCUT2D eigenvalue weighted by molar-refractivity contribution is -0.203. The van der Waals surface area contributed by atoms with Crippen LogP contribution in [0.5, 0.6) is 5.75 Å². The fourth-order valence-corrected chi connectivity index (χ4v) is 12.1. The maximum Gasteiger partial charge on any atom is 0.331 e. The molecule has 242 valence electrons. The van der Waals surface area contributed by atoms with E-state index in [0.717, 1.165) is 50.5 Å². The Morgan fingerprint density at radius 1 is 0.886 bits per heavy atom. The SMILES string of the molecule is CC1(C)[C@@H](O)CC[C@]2(C)[C@H]3CC[C@H]4[C@@](C)(CC[C@@H]5[C@]4(C)CC[C@H](OC(=O)/C=C/c4ccc(O)cc4)[C@]5(C)CO)CC3=CC[C@@H]12. The van der Waals surface area contributed by atoms with Crippen molar-refractivity contribution in [3.05, 3.63) is 47.6 Å². The number of hydrogen-bond donors (Lipinski definition) is 3. The van der Waals surface area contributed by atoms with Gasteiger partial charge in [0.25, 0.3) is 0 Å². The second kappa shape index (κ2) is 11.0. The molecule has 0 bridgehead atoms. The van der Waals surface area contributed by atoms with Crippen LogP contribution in [0, 0.1) is 50.7 Å². The lowest BCUT2D eigenvalue weighted by atomic mass is 9.42. The summed E-state index contributed by atoms with van der Waals surface area (Å²) in [6.07, 6.45) is 15.9. The number of carbonyl (C=O) groups excluding carboxylic acids is 1. The Morgan fingerprint density at radius 3 is 2.30 bits per heavy atom. The summed E-state index contributed by atoms with van der Waals surface area (Å²) in [5.74, 6) is 1.75. The van der Waals surface area contributed by atoms with Crippen molar-refractivity contribution < 1.29 is 24.9 Å². The van der Waals surface area contributed by atoms with E-state index < -0.39 is 5.41 Å². The van der Waals surface area contributed by atoms with Crippen LogP contribution in [0.25, 0.3) is 6.08 Å². The standard InChI is InChI=1S/C39H56O5/c1-35(2)29-14-10-26-23-36(3)20-17-31-38(5,30(36)15-13-28(26)37(29,4)21-18-32(35)42)22-19-33(39(31,6)24-40)44-34(43)16-9-25-7-11-27(41)12-8-25/h7-12,16,28-33,40-42H,13-15,17-24H2,1-6H3/b16-9+/t28-,29-,30-,31+,32-,33-,36-,37+,38+,39+/m0/s1. The van der Waals surface area contributed by atoms with Gasteiger partial charge in [-0.1, -0.05) is 65.3 Å². The lowest BCUT2D eigenvalue weighted by Gasteiger charge is -2.64. The molecule has 4 fully saturated rings. The summed E-state index contributed by atoms with van der Waals surface area (Å²) in [5.41, 5.74) is 2.50. The number of allylic oxidation sites excluding steroid dienone is 2. The Bertz CT molecular complexity index is 1310. The van der Waals surface area contributed by atoms with E-state index in [1.165, 1.54) is 25.3 Å². The molecule has 5 heteroatoms. The number of aliphatic hydroxyl groups is 2. The average molecular weight is 605 g/mol. The second-order valence-corrected chi connectivity index (χ2v) is 17.1. The number of benzene rings is 1. The Morgan fingerprint density at radius 2 is 1.59 bits per heavy atom. The number of ether oxygens (including phenoxy) is 1. The molecule has 3 N–H and O–H groups in total. The normalized spacial score (nSPS) is 44.8. The minimum Gasteiger partial charge on any atom is -0.508 e. The molecule has 5 nitrogen and oxygen atoms in total. The second-order valence-electron chi connectivity index (χ2n) is 17.1. The smallest absolute Gasteiger partial charge is 0.331 e. The summed E-state index contributed by atoms with van der Waals surface area (Å²) >= 11 is 0. The van der Waals surface area contributed by atoms with Gasteiger partial charge in [0.1, 0.15) is 11.9 Å². The summed E-state index contributed by atoms with van der Waals surface area (Å²) in [4.78, 5) is 13.0. The van der Waals surface area contributed by atoms with Crippen LogP contribution in [-0.4, -0.2) is 40.1 Å². The number of phenolic OH excluding ortho intramolecular Hbond substituents is 1. The first-order chi connectivity index (χ1) is 20.7. The summed E-state index contributed by atoms with van der Waals surface area (Å²) in [6, 6.07) is 6.73. The van der Waals surface area contributed by atoms with Gasteiger partial charge in [-0.25, -0.2) is 4.79 Å². The van der Waals surface area contributed by atoms with E-state index in [-0.39, 0.29) is 58.1 Å². The zero-order valence-electron chi connectivity index (χ0n) is 27.9. The zero-order valence-corrected chi connectivity index (χ0v) is 27.9. The highest BCUT2D eigenvalue weighted by molar-refractivity contribution is 5.87. The summed E-state index contributed by atoms with van der Waals surface area (Å²) in [7, 11) is 0. The highest BCUT2D eigenvalue weighted by Crippen LogP contribution is 2.70. The first-order valence-electron chi connectivity index (χ1n) is 17.3. The van der Waals surface area contributed by atoms with E-state index in [4.69, 9.17) is 4.74 Å². The number of aromatic hydroxyl groups is 1. The minimum absolute atomic E-state index is 0.0151. The first kappa shape index (κ1) is 31.9. The van der Waals surface area contributed by atoms with Crippen LogP contribution in [0.2, 0.25) is 0 Å². The fourth-order valence-electron chi connectivity index (χ4n) is 12.1. The number of aliphatic hydroxyl groups excluding tert-OH is 2. The Balaban J connectivity index is 1.23. The molecule has 5 aliphatic carbocycles. The summed E-state index contributed by atoms with van der Waals surface area (Å²) in [5, 5.41) is 31.5. The third-order valence-corrected chi connectivity index (χ3v) is 14.5. The fraction of sp³-hybridized carbons (Fsp3) is 0.718. The van der Waals surface area contributed by atoms with Crippen molar-refractivity contribution in [1.82, 2.24) is 0 Å². The van der Waals surface area contributed by atoms with Gasteiger partial charge in [-0.15, -0.1) is 0 Å². The van der Waals surface area contributed by atoms with Crippen LogP contribution < -0.4 is 0 Å². The molecule has 0 aromatic heterocycles. The van der Waals surface area contributed by atoms with Crippen molar-refractivity contribution >= 4 is 12.0 Å². The third-order valence-electron chi connectivity index (χ3n) is 14.5. The molecular weight excluding hydrogens is 548 g/mol. The van der Waals surface area contributed by atoms with Crippen LogP contribution >= 0.6 is 0 Å². The molecule has 44 heavy (non-hydrogen) atoms. The molecule has 0 unspecified atom stereocenters. The maximum absolute atomic E-state index is 13.0. The Hall–Kier alpha value is -2.11. The van der Waals surface area contributed by atoms with Crippen molar-refractivity contribution in [3.8, 4) is 5.75 Å². The topological polar surface area (TPSA) is 87.0 Å². The van der Waals surface area contributed by atoms with Crippen LogP contribution in [0.4, 0.5) is 0 Å². The maximum atomic E-state index is 13.0. The van der Waals surface area contributed by atoms with Gasteiger partial charge in [-0.3, -0.25) is 0 Å². The van der Waals surface area contributed by atoms with Gasteiger partial charge >= 0.3 is 5.97 Å². The van der Waals surface area contributed by atoms with Crippen molar-refractivity contribution in [1.29, 1.82) is 0 Å². The number of hydrogen-bond acceptors (Lipinski definition) is 5. The molecule has 0 aliphatic heterocycles. The molecule has 6 rings (SSSR count). The van der Waals surface area contributed by atoms with Crippen molar-refractivity contribution in [2.75, 3.05) is 6.61 Å². The molecule has 0 spiro atoms. The van der Waals surface area contributed by atoms with E-state index in [9.17, 15) is 20.1 Å². The third kappa shape index (κ3) is 4.91. The Kier molecular flexibility index (Phi) is 7.97. The molecule has 0 amide bonds. The van der Waals surface area contributed by atoms with E-state index in [1.807, 2.05) is 0 Å². The largest absolute Gasteiger partial charge is 0.508 e. The van der Waals surface area contributed by atoms with Gasteiger partial charge in [0.15, 0.2) is 0 Å². The van der Waals surface area contributed by atoms with Gasteiger partial charge < -0.3 is 20.1 Å². The van der Waals surface area contributed by atoms with Crippen molar-refractivity contribution in [2.45, 2.75) is 118 Å². The number of carbonyl (C=O) groups is 1. The number of esters is 1. The first-order valence-corrected chi connectivity index (χ1v) is 17.3. The highest BCUT2D eigenvalue weighted by atomic mass is 16.5. The molecule has 10 atom stereocenters. The van der Waals surface area contributed by atoms with E-state index in [2.05, 4.69) is 47.6 Å². The molecule has 0 heterocycles. The van der Waals surface area contributed by atoms with Crippen molar-refractivity contribution in [2.24, 2.45) is 50.7 Å². The summed E-state index contributed by atoms with van der Waals surface area (Å²) in [6.45, 7) is 14.4. The van der Waals surface area contributed by atoms with Gasteiger partial charge in [0.2, 0.25) is 0 Å². The predicted octanol–water partition coefficient (Wildman–Crippen LogP) is 8.08.